The number of nitrogens with one attached hydrogen (secondary N) is 1. The lowest BCUT2D eigenvalue weighted by molar-refractivity contribution is -0.147. The number of aryl methyl sites for hydroxylation is 1. The van der Waals surface area contributed by atoms with Crippen molar-refractivity contribution in [3.8, 4) is 0 Å². The number of fused-ring (bicyclic) bond motifs is 1. The average Bonchev–Trinajstić information content (AvgIpc) is 2.62. The molecule has 0 fully saturated rings. The highest BCUT2D eigenvalue weighted by Crippen LogP contribution is 2.36. The molecule has 6 heteroatoms. The Morgan fingerprint density at radius 2 is 1.85 bits per heavy atom. The molecule has 2 atom stereocenters. The molecule has 1 aliphatic rings. The van der Waals surface area contributed by atoms with Crippen molar-refractivity contribution in [1.82, 2.24) is 0 Å². The molecule has 0 saturated carbocycles. The molecule has 1 amide bonds. The van der Waals surface area contributed by atoms with E-state index in [4.69, 9.17) is 4.74 Å². The quantitative estimate of drug-likeness (QED) is 0.644. The summed E-state index contributed by atoms with van der Waals surface area (Å²) >= 11 is 1.33. The summed E-state index contributed by atoms with van der Waals surface area (Å²) in [6.07, 6.45) is -0.981. The second kappa shape index (κ2) is 7.74. The number of Topliss-reactive ketones (excluding diaryl/α,β-unsaturated/α-hetero) is 1. The molecule has 1 N–H and O–H groups in total. The van der Waals surface area contributed by atoms with Crippen LogP contribution in [-0.2, 0) is 14.3 Å². The predicted octanol–water partition coefficient (Wildman–Crippen LogP) is 3.61. The van der Waals surface area contributed by atoms with Crippen LogP contribution in [0.25, 0.3) is 0 Å². The van der Waals surface area contributed by atoms with E-state index in [9.17, 15) is 14.4 Å². The first-order valence-electron chi connectivity index (χ1n) is 8.31. The van der Waals surface area contributed by atoms with Crippen molar-refractivity contribution in [2.75, 3.05) is 5.32 Å². The van der Waals surface area contributed by atoms with Gasteiger partial charge >= 0.3 is 5.97 Å². The molecule has 3 rings (SSSR count). The number of ether oxygens (including phenoxy) is 1. The van der Waals surface area contributed by atoms with Gasteiger partial charge in [-0.25, -0.2) is 0 Å². The maximum absolute atomic E-state index is 12.3. The van der Waals surface area contributed by atoms with Gasteiger partial charge in [0.1, 0.15) is 0 Å². The van der Waals surface area contributed by atoms with Crippen molar-refractivity contribution in [3.05, 3.63) is 59.7 Å². The van der Waals surface area contributed by atoms with Gasteiger partial charge in [-0.15, -0.1) is 11.8 Å². The molecule has 0 saturated heterocycles. The molecule has 0 bridgehead atoms. The molecule has 2 aromatic carbocycles. The van der Waals surface area contributed by atoms with Crippen LogP contribution < -0.4 is 5.32 Å². The van der Waals surface area contributed by atoms with E-state index in [0.29, 0.717) is 5.56 Å². The maximum atomic E-state index is 12.3. The van der Waals surface area contributed by atoms with Gasteiger partial charge in [0.05, 0.1) is 17.4 Å². The first kappa shape index (κ1) is 18.2. The molecule has 0 aliphatic carbocycles. The van der Waals surface area contributed by atoms with Crippen LogP contribution >= 0.6 is 11.8 Å². The normalized spacial score (nSPS) is 17.0. The van der Waals surface area contributed by atoms with Gasteiger partial charge in [0.2, 0.25) is 11.7 Å². The molecule has 2 aromatic rings. The summed E-state index contributed by atoms with van der Waals surface area (Å²) in [5.41, 5.74) is 2.29. The van der Waals surface area contributed by atoms with Crippen molar-refractivity contribution >= 4 is 35.1 Å². The van der Waals surface area contributed by atoms with Crippen molar-refractivity contribution in [1.29, 1.82) is 0 Å². The standard InChI is InChI=1S/C20H19NO4S/c1-12-7-9-14(10-8-12)19(23)13(2)25-18(22)11-17-20(24)21-15-5-3-4-6-16(15)26-17/h3-10,13,17H,11H2,1-2H3,(H,21,24)/t13-,17+/m1/s1. The summed E-state index contributed by atoms with van der Waals surface area (Å²) in [6, 6.07) is 14.5. The van der Waals surface area contributed by atoms with Gasteiger partial charge in [-0.2, -0.15) is 0 Å². The molecule has 134 valence electrons. The van der Waals surface area contributed by atoms with E-state index in [1.54, 1.807) is 19.1 Å². The summed E-state index contributed by atoms with van der Waals surface area (Å²) < 4.78 is 5.25. The highest BCUT2D eigenvalue weighted by Gasteiger charge is 2.30. The molecule has 1 aliphatic heterocycles. The zero-order valence-corrected chi connectivity index (χ0v) is 15.3. The topological polar surface area (TPSA) is 72.5 Å². The van der Waals surface area contributed by atoms with E-state index in [-0.39, 0.29) is 18.1 Å². The third-order valence-electron chi connectivity index (χ3n) is 4.07. The lowest BCUT2D eigenvalue weighted by Gasteiger charge is -2.23. The SMILES string of the molecule is Cc1ccc(C(=O)[C@@H](C)OC(=O)C[C@@H]2Sc3ccccc3NC2=O)cc1. The Bertz CT molecular complexity index is 847. The molecule has 5 nitrogen and oxygen atoms in total. The predicted molar refractivity (Wildman–Crippen MR) is 100 cm³/mol. The van der Waals surface area contributed by atoms with E-state index in [1.165, 1.54) is 11.8 Å². The maximum Gasteiger partial charge on any atom is 0.308 e. The minimum Gasteiger partial charge on any atom is -0.454 e. The number of carbonyl (C=O) groups is 3. The smallest absolute Gasteiger partial charge is 0.308 e. The van der Waals surface area contributed by atoms with Gasteiger partial charge in [-0.1, -0.05) is 42.0 Å². The number of amides is 1. The number of benzene rings is 2. The number of esters is 1. The molecule has 0 radical (unpaired) electrons. The Hall–Kier alpha value is -2.60. The van der Waals surface area contributed by atoms with Gasteiger partial charge in [-0.05, 0) is 26.0 Å². The van der Waals surface area contributed by atoms with E-state index in [1.807, 2.05) is 43.3 Å². The fourth-order valence-electron chi connectivity index (χ4n) is 2.63. The number of rotatable bonds is 5. The van der Waals surface area contributed by atoms with E-state index >= 15 is 0 Å². The second-order valence-electron chi connectivity index (χ2n) is 6.16. The lowest BCUT2D eigenvalue weighted by atomic mass is 10.1. The number of hydrogen-bond acceptors (Lipinski definition) is 5. The second-order valence-corrected chi connectivity index (χ2v) is 7.40. The monoisotopic (exact) mass is 369 g/mol. The van der Waals surface area contributed by atoms with Crippen LogP contribution in [0.3, 0.4) is 0 Å². The van der Waals surface area contributed by atoms with Crippen molar-refractivity contribution < 1.29 is 19.1 Å². The summed E-state index contributed by atoms with van der Waals surface area (Å²) in [5.74, 6) is -1.06. The largest absolute Gasteiger partial charge is 0.454 e. The Morgan fingerprint density at radius 3 is 2.58 bits per heavy atom. The minimum absolute atomic E-state index is 0.0870. The lowest BCUT2D eigenvalue weighted by Crippen LogP contribution is -2.33. The van der Waals surface area contributed by atoms with Crippen molar-refractivity contribution in [2.45, 2.75) is 36.5 Å². The molecule has 1 heterocycles. The number of anilines is 1. The Balaban J connectivity index is 1.59. The van der Waals surface area contributed by atoms with Gasteiger partial charge in [0.25, 0.3) is 0 Å². The Kier molecular flexibility index (Phi) is 5.42. The summed E-state index contributed by atoms with van der Waals surface area (Å²) in [7, 11) is 0. The molecule has 0 unspecified atom stereocenters. The van der Waals surface area contributed by atoms with Crippen molar-refractivity contribution in [2.24, 2.45) is 0 Å². The first-order valence-corrected chi connectivity index (χ1v) is 9.19. The third-order valence-corrected chi connectivity index (χ3v) is 5.35. The highest BCUT2D eigenvalue weighted by atomic mass is 32.2. The van der Waals surface area contributed by atoms with Crippen LogP contribution in [-0.4, -0.2) is 29.0 Å². The minimum atomic E-state index is -0.894. The first-order chi connectivity index (χ1) is 12.4. The van der Waals surface area contributed by atoms with E-state index in [2.05, 4.69) is 5.32 Å². The summed E-state index contributed by atoms with van der Waals surface area (Å²) in [5, 5.41) is 2.22. The van der Waals surface area contributed by atoms with Gasteiger partial charge in [0, 0.05) is 10.5 Å². The fourth-order valence-corrected chi connectivity index (χ4v) is 3.72. The van der Waals surface area contributed by atoms with Crippen molar-refractivity contribution in [3.63, 3.8) is 0 Å². The third kappa shape index (κ3) is 4.14. The molecule has 0 spiro atoms. The Morgan fingerprint density at radius 1 is 1.15 bits per heavy atom. The highest BCUT2D eigenvalue weighted by molar-refractivity contribution is 8.01. The molecular formula is C20H19NO4S. The molecule has 26 heavy (non-hydrogen) atoms. The zero-order chi connectivity index (χ0) is 18.7. The van der Waals surface area contributed by atoms with Crippen LogP contribution in [0.1, 0.15) is 29.3 Å². The van der Waals surface area contributed by atoms with E-state index in [0.717, 1.165) is 16.1 Å². The van der Waals surface area contributed by atoms with E-state index < -0.39 is 17.3 Å². The van der Waals surface area contributed by atoms with Gasteiger partial charge in [-0.3, -0.25) is 14.4 Å². The van der Waals surface area contributed by atoms with Crippen LogP contribution in [0.15, 0.2) is 53.4 Å². The fraction of sp³-hybridized carbons (Fsp3) is 0.250. The van der Waals surface area contributed by atoms with Crippen LogP contribution in [0.2, 0.25) is 0 Å². The molecule has 0 aromatic heterocycles. The molecular weight excluding hydrogens is 350 g/mol. The number of thioether (sulfide) groups is 1. The summed E-state index contributed by atoms with van der Waals surface area (Å²) in [6.45, 7) is 3.48. The van der Waals surface area contributed by atoms with Crippen LogP contribution in [0.5, 0.6) is 0 Å². The van der Waals surface area contributed by atoms with Gasteiger partial charge < -0.3 is 10.1 Å². The number of ketones is 1. The van der Waals surface area contributed by atoms with Crippen LogP contribution in [0, 0.1) is 6.92 Å². The number of para-hydroxylation sites is 1. The Labute approximate surface area is 156 Å². The number of hydrogen-bond donors (Lipinski definition) is 1. The average molecular weight is 369 g/mol. The summed E-state index contributed by atoms with van der Waals surface area (Å²) in [4.78, 5) is 37.6. The van der Waals surface area contributed by atoms with Gasteiger partial charge in [0.15, 0.2) is 6.10 Å². The zero-order valence-electron chi connectivity index (χ0n) is 14.5. The number of carbonyl (C=O) groups excluding carboxylic acids is 3. The van der Waals surface area contributed by atoms with Crippen LogP contribution in [0.4, 0.5) is 5.69 Å².